The van der Waals surface area contributed by atoms with Gasteiger partial charge in [-0.3, -0.25) is 18.7 Å². The van der Waals surface area contributed by atoms with Crippen molar-refractivity contribution in [2.75, 3.05) is 31.3 Å². The lowest BCUT2D eigenvalue weighted by Gasteiger charge is -2.33. The average molecular weight is 905 g/mol. The molecule has 0 fully saturated rings. The van der Waals surface area contributed by atoms with Crippen LogP contribution in [0.4, 0.5) is 5.69 Å². The molecule has 15 nitrogen and oxygen atoms in total. The second kappa shape index (κ2) is 17.3. The fourth-order valence-electron chi connectivity index (χ4n) is 8.58. The summed E-state index contributed by atoms with van der Waals surface area (Å²) < 4.78 is 117. The molecule has 4 aromatic carbocycles. The van der Waals surface area contributed by atoms with Gasteiger partial charge >= 0.3 is 11.9 Å². The lowest BCUT2D eigenvalue weighted by molar-refractivity contribution is -0.435. The van der Waals surface area contributed by atoms with Gasteiger partial charge in [-0.15, -0.1) is 0 Å². The molecule has 18 heteroatoms. The second-order valence-electron chi connectivity index (χ2n) is 15.1. The van der Waals surface area contributed by atoms with Crippen LogP contribution in [0, 0.1) is 5.41 Å². The summed E-state index contributed by atoms with van der Waals surface area (Å²) in [5.41, 5.74) is 1.62. The third kappa shape index (κ3) is 9.02. The molecule has 2 aliphatic rings. The summed E-state index contributed by atoms with van der Waals surface area (Å²) >= 11 is 0. The first-order valence-corrected chi connectivity index (χ1v) is 24.5. The Hall–Kier alpha value is -5.50. The number of hydrogen-bond donors (Lipinski definition) is 2. The van der Waals surface area contributed by atoms with Crippen LogP contribution in [0.5, 0.6) is 0 Å². The first-order valence-electron chi connectivity index (χ1n) is 19.9. The maximum Gasteiger partial charge on any atom is 0.324 e. The maximum absolute atomic E-state index is 14.0. The van der Waals surface area contributed by atoms with E-state index in [0.29, 0.717) is 33.5 Å². The lowest BCUT2D eigenvalue weighted by Crippen LogP contribution is -2.44. The molecule has 2 heterocycles. The Balaban J connectivity index is 1.40. The number of allylic oxidation sites excluding steroid dienone is 6. The van der Waals surface area contributed by atoms with Crippen molar-refractivity contribution in [3.63, 3.8) is 0 Å². The summed E-state index contributed by atoms with van der Waals surface area (Å²) in [5.74, 6) is -2.57. The summed E-state index contributed by atoms with van der Waals surface area (Å²) in [4.78, 5) is 27.5. The van der Waals surface area contributed by atoms with Crippen LogP contribution in [-0.2, 0) is 56.0 Å². The summed E-state index contributed by atoms with van der Waals surface area (Å²) in [6.07, 6.45) is 8.72. The van der Waals surface area contributed by atoms with E-state index in [4.69, 9.17) is 9.47 Å². The monoisotopic (exact) mass is 904 g/mol. The molecule has 0 saturated heterocycles. The van der Waals surface area contributed by atoms with Crippen molar-refractivity contribution in [3.8, 4) is 0 Å². The molecule has 1 aromatic heterocycles. The zero-order valence-electron chi connectivity index (χ0n) is 33.8. The van der Waals surface area contributed by atoms with Gasteiger partial charge in [-0.2, -0.15) is 21.4 Å². The number of aromatic nitrogens is 1. The van der Waals surface area contributed by atoms with Gasteiger partial charge in [0.25, 0.3) is 20.2 Å². The van der Waals surface area contributed by atoms with Gasteiger partial charge in [0.1, 0.15) is 10.1 Å². The number of carbonyl (C=O) groups is 2. The Morgan fingerprint density at radius 1 is 0.790 bits per heavy atom. The van der Waals surface area contributed by atoms with Crippen molar-refractivity contribution in [2.45, 2.75) is 51.0 Å². The van der Waals surface area contributed by atoms with Gasteiger partial charge in [0.15, 0.2) is 12.0 Å². The van der Waals surface area contributed by atoms with E-state index in [1.54, 1.807) is 48.8 Å². The second-order valence-corrected chi connectivity index (χ2v) is 19.6. The van der Waals surface area contributed by atoms with Crippen molar-refractivity contribution >= 4 is 92.2 Å². The molecule has 1 aliphatic carbocycles. The van der Waals surface area contributed by atoms with Gasteiger partial charge in [0, 0.05) is 52.1 Å². The largest absolute Gasteiger partial charge is 0.744 e. The third-order valence-corrected chi connectivity index (χ3v) is 13.5. The van der Waals surface area contributed by atoms with E-state index in [1.165, 1.54) is 18.2 Å². The minimum atomic E-state index is -4.89. The third-order valence-electron chi connectivity index (χ3n) is 11.0. The predicted molar refractivity (Wildman–Crippen MR) is 232 cm³/mol. The normalized spacial score (nSPS) is 16.6. The molecule has 2 N–H and O–H groups in total. The van der Waals surface area contributed by atoms with E-state index in [-0.39, 0.29) is 57.4 Å². The number of nitrogens with zero attached hydrogens (tertiary/aromatic N) is 2. The Kier molecular flexibility index (Phi) is 12.5. The van der Waals surface area contributed by atoms with Crippen LogP contribution >= 0.6 is 0 Å². The average Bonchev–Trinajstić information content (AvgIpc) is 3.68. The highest BCUT2D eigenvalue weighted by Gasteiger charge is 2.51. The molecular weight excluding hydrogens is 861 g/mol. The van der Waals surface area contributed by atoms with E-state index < -0.39 is 64.1 Å². The molecular formula is C44H44N2O13S3. The highest BCUT2D eigenvalue weighted by Crippen LogP contribution is 2.43. The van der Waals surface area contributed by atoms with Gasteiger partial charge in [0.2, 0.25) is 11.4 Å². The molecule has 62 heavy (non-hydrogen) atoms. The first kappa shape index (κ1) is 44.6. The maximum atomic E-state index is 14.0. The Bertz CT molecular complexity index is 3160. The molecule has 0 amide bonds. The Labute approximate surface area is 358 Å². The molecule has 7 rings (SSSR count). The van der Waals surface area contributed by atoms with Crippen LogP contribution in [-0.4, -0.2) is 97.0 Å². The number of esters is 2. The number of rotatable bonds is 16. The minimum absolute atomic E-state index is 0.0153. The van der Waals surface area contributed by atoms with Crippen LogP contribution in [0.2, 0.25) is 0 Å². The number of aryl methyl sites for hydroxylation is 1. The van der Waals surface area contributed by atoms with Crippen molar-refractivity contribution in [3.05, 3.63) is 113 Å². The zero-order chi connectivity index (χ0) is 44.6. The smallest absolute Gasteiger partial charge is 0.324 e. The summed E-state index contributed by atoms with van der Waals surface area (Å²) in [7, 11) is -13.4. The van der Waals surface area contributed by atoms with Crippen LogP contribution in [0.15, 0.2) is 107 Å². The Morgan fingerprint density at radius 3 is 2.10 bits per heavy atom. The minimum Gasteiger partial charge on any atom is -0.744 e. The molecule has 0 spiro atoms. The van der Waals surface area contributed by atoms with E-state index in [2.05, 4.69) is 0 Å². The van der Waals surface area contributed by atoms with Gasteiger partial charge in [-0.25, -0.2) is 8.42 Å². The Morgan fingerprint density at radius 2 is 1.44 bits per heavy atom. The van der Waals surface area contributed by atoms with Gasteiger partial charge in [0.05, 0.1) is 40.6 Å². The quantitative estimate of drug-likeness (QED) is 0.0551. The van der Waals surface area contributed by atoms with Crippen molar-refractivity contribution < 1.29 is 62.5 Å². The van der Waals surface area contributed by atoms with E-state index in [9.17, 15) is 48.5 Å². The van der Waals surface area contributed by atoms with Crippen LogP contribution in [0.1, 0.15) is 45.1 Å². The summed E-state index contributed by atoms with van der Waals surface area (Å²) in [5, 5.41) is 4.13. The van der Waals surface area contributed by atoms with Crippen LogP contribution < -0.4 is 5.35 Å². The molecule has 0 atom stereocenters. The van der Waals surface area contributed by atoms with Crippen LogP contribution in [0.3, 0.4) is 0 Å². The fraction of sp³-hybridized carbons (Fsp3) is 0.295. The van der Waals surface area contributed by atoms with Crippen molar-refractivity contribution in [1.82, 2.24) is 4.57 Å². The molecule has 1 aliphatic heterocycles. The SMILES string of the molecule is CCOC(=O)C1(C(=O)OCC)CC(/C=C/C2=[N+](CCCS(=O)(=O)O)c3ccc(S(=O)(=O)[O-])c4cccc2c34)=CC(=C/C=c2\c3cccc4cccc(c43)n2CCCS(=O)(=O)O)/C1. The lowest BCUT2D eigenvalue weighted by atomic mass is 9.71. The fourth-order valence-corrected chi connectivity index (χ4v) is 10.2. The summed E-state index contributed by atoms with van der Waals surface area (Å²) in [6.45, 7) is 3.54. The number of hydrogen-bond acceptors (Lipinski definition) is 11. The van der Waals surface area contributed by atoms with Crippen LogP contribution in [0.25, 0.3) is 38.5 Å². The first-order chi connectivity index (χ1) is 29.3. The molecule has 0 saturated carbocycles. The van der Waals surface area contributed by atoms with E-state index in [1.807, 2.05) is 53.1 Å². The van der Waals surface area contributed by atoms with Gasteiger partial charge in [-0.05, 0) is 73.9 Å². The zero-order valence-corrected chi connectivity index (χ0v) is 36.3. The highest BCUT2D eigenvalue weighted by atomic mass is 32.2. The highest BCUT2D eigenvalue weighted by molar-refractivity contribution is 7.86. The molecule has 0 unspecified atom stereocenters. The van der Waals surface area contributed by atoms with E-state index in [0.717, 1.165) is 27.0 Å². The van der Waals surface area contributed by atoms with Gasteiger partial charge in [-0.1, -0.05) is 60.7 Å². The standard InChI is InChI=1S/C44H44N2O13S3/c1-3-58-42(47)44(43(48)59-4-2)27-29(16-18-35-32-12-5-10-31-11-6-15-37(40(31)32)45(35)22-8-24-60(49,50)51)26-30(28-44)17-19-36-33-13-7-14-34-39(62(55,56)57)21-20-38(41(33)34)46(36)23-9-25-61(52,53)54/h5-7,10-21,26H,3-4,8-9,22-25,27-28H2,1-2H3,(H2-,49,50,51,52,53,54,55,56,57). The molecule has 0 radical (unpaired) electrons. The van der Waals surface area contributed by atoms with Crippen molar-refractivity contribution in [2.24, 2.45) is 5.41 Å². The van der Waals surface area contributed by atoms with E-state index >= 15 is 0 Å². The summed E-state index contributed by atoms with van der Waals surface area (Å²) in [6, 6.07) is 19.1. The predicted octanol–water partition coefficient (Wildman–Crippen LogP) is 5.37. The topological polar surface area (TPSA) is 226 Å². The molecule has 5 aromatic rings. The number of benzene rings is 4. The number of ether oxygens (including phenoxy) is 2. The number of carbonyl (C=O) groups excluding carboxylic acids is 2. The molecule has 0 bridgehead atoms. The van der Waals surface area contributed by atoms with Gasteiger partial charge < -0.3 is 18.6 Å². The molecule has 326 valence electrons. The van der Waals surface area contributed by atoms with Crippen molar-refractivity contribution in [1.29, 1.82) is 0 Å².